The van der Waals surface area contributed by atoms with E-state index in [1.165, 1.54) is 20.2 Å². The zero-order valence-electron chi connectivity index (χ0n) is 36.6. The van der Waals surface area contributed by atoms with Crippen LogP contribution in [0.4, 0.5) is 30.4 Å². The molecule has 2 atom stereocenters. The number of alkyl halides is 3. The van der Waals surface area contributed by atoms with E-state index in [2.05, 4.69) is 20.6 Å². The highest BCUT2D eigenvalue weighted by Gasteiger charge is 2.47. The van der Waals surface area contributed by atoms with Crippen molar-refractivity contribution in [2.45, 2.75) is 89.9 Å². The number of nitrogens with two attached hydrogens (primary N) is 1. The molecule has 4 N–H and O–H groups in total. The van der Waals surface area contributed by atoms with Crippen LogP contribution in [0.1, 0.15) is 108 Å². The van der Waals surface area contributed by atoms with E-state index < -0.39 is 41.5 Å². The van der Waals surface area contributed by atoms with Crippen molar-refractivity contribution in [3.05, 3.63) is 76.6 Å². The largest absolute Gasteiger partial charge is 0.493 e. The van der Waals surface area contributed by atoms with Gasteiger partial charge in [-0.25, -0.2) is 9.97 Å². The van der Waals surface area contributed by atoms with Crippen molar-refractivity contribution in [3.63, 3.8) is 0 Å². The maximum atomic E-state index is 13.6. The summed E-state index contributed by atoms with van der Waals surface area (Å²) in [5, 5.41) is 7.10. The fourth-order valence-corrected chi connectivity index (χ4v) is 8.40. The Morgan fingerprint density at radius 3 is 2.48 bits per heavy atom. The number of hydrogen-bond donors (Lipinski definition) is 3. The number of fused-ring (bicyclic) bond motifs is 2. The number of amides is 5. The average molecular weight is 887 g/mol. The molecule has 0 spiro atoms. The molecule has 2 fully saturated rings. The van der Waals surface area contributed by atoms with Crippen LogP contribution in [0.25, 0.3) is 10.9 Å². The molecule has 0 bridgehead atoms. The van der Waals surface area contributed by atoms with Crippen molar-refractivity contribution >= 4 is 57.6 Å². The molecule has 2 aliphatic heterocycles. The molecule has 18 heteroatoms. The van der Waals surface area contributed by atoms with Gasteiger partial charge in [0.25, 0.3) is 17.7 Å². The van der Waals surface area contributed by atoms with Crippen molar-refractivity contribution < 1.29 is 46.6 Å². The number of unbranched alkanes of at least 4 members (excludes halogenated alkanes) is 3. The quantitative estimate of drug-likeness (QED) is 0.0521. The molecule has 3 aromatic carbocycles. The second kappa shape index (κ2) is 18.3. The molecule has 340 valence electrons. The smallest absolute Gasteiger partial charge is 0.416 e. The molecule has 1 aliphatic carbocycles. The lowest BCUT2D eigenvalue weighted by molar-refractivity contribution is -0.149. The fourth-order valence-electron chi connectivity index (χ4n) is 8.40. The van der Waals surface area contributed by atoms with Crippen LogP contribution in [0.3, 0.4) is 0 Å². The van der Waals surface area contributed by atoms with E-state index in [1.807, 2.05) is 0 Å². The first kappa shape index (κ1) is 45.6. The van der Waals surface area contributed by atoms with Crippen LogP contribution in [-0.4, -0.2) is 101 Å². The minimum absolute atomic E-state index is 0.00147. The van der Waals surface area contributed by atoms with Gasteiger partial charge in [0, 0.05) is 68.3 Å². The molecule has 3 heterocycles. The molecular formula is C46H53F3N8O7. The van der Waals surface area contributed by atoms with Gasteiger partial charge in [-0.2, -0.15) is 13.2 Å². The van der Waals surface area contributed by atoms with E-state index in [4.69, 9.17) is 15.2 Å². The molecule has 64 heavy (non-hydrogen) atoms. The third-order valence-corrected chi connectivity index (χ3v) is 12.3. The van der Waals surface area contributed by atoms with Gasteiger partial charge in [-0.1, -0.05) is 18.9 Å². The van der Waals surface area contributed by atoms with Crippen LogP contribution in [-0.2, 0) is 20.6 Å². The van der Waals surface area contributed by atoms with Crippen LogP contribution < -0.4 is 25.8 Å². The monoisotopic (exact) mass is 886 g/mol. The Balaban J connectivity index is 0.882. The van der Waals surface area contributed by atoms with Gasteiger partial charge < -0.3 is 30.7 Å². The Kier molecular flexibility index (Phi) is 13.0. The predicted octanol–water partition coefficient (Wildman–Crippen LogP) is 7.14. The number of halogens is 3. The molecule has 1 saturated carbocycles. The van der Waals surface area contributed by atoms with E-state index >= 15 is 0 Å². The number of rotatable bonds is 18. The van der Waals surface area contributed by atoms with Crippen molar-refractivity contribution in [1.82, 2.24) is 24.7 Å². The summed E-state index contributed by atoms with van der Waals surface area (Å²) in [6.45, 7) is 4.83. The van der Waals surface area contributed by atoms with Gasteiger partial charge in [-0.05, 0) is 87.9 Å². The highest BCUT2D eigenvalue weighted by Crippen LogP contribution is 2.47. The number of methoxy groups -OCH3 is 1. The summed E-state index contributed by atoms with van der Waals surface area (Å²) in [4.78, 5) is 77.5. The Hall–Kier alpha value is -6.46. The molecule has 1 aromatic heterocycles. The van der Waals surface area contributed by atoms with Crippen LogP contribution >= 0.6 is 0 Å². The van der Waals surface area contributed by atoms with Crippen LogP contribution in [0.15, 0.2) is 48.5 Å². The molecule has 7 rings (SSSR count). The summed E-state index contributed by atoms with van der Waals surface area (Å²) in [6, 6.07) is 10.3. The second-order valence-corrected chi connectivity index (χ2v) is 17.1. The number of aromatic nitrogens is 2. The summed E-state index contributed by atoms with van der Waals surface area (Å²) < 4.78 is 52.7. The number of hydrogen-bond acceptors (Lipinski definition) is 12. The number of piperidine rings is 1. The molecule has 3 aliphatic rings. The SMILES string of the molecule is COc1cc2nc(C)nc(N[C@H](C)c3cc(N)cc(C(F)(F)F)c3)c2cc1OCC1(CN(C)C(=O)CCCCCCNc2cccc3c2C(=O)N(C2CCC(=O)N(C)C2=O)C3=O)CC1. The lowest BCUT2D eigenvalue weighted by Gasteiger charge is -2.32. The van der Waals surface area contributed by atoms with E-state index in [0.29, 0.717) is 77.8 Å². The molecule has 4 aromatic rings. The first-order chi connectivity index (χ1) is 30.4. The number of carbonyl (C=O) groups is 5. The van der Waals surface area contributed by atoms with Crippen molar-refractivity contribution in [1.29, 1.82) is 0 Å². The van der Waals surface area contributed by atoms with Crippen molar-refractivity contribution in [3.8, 4) is 11.5 Å². The van der Waals surface area contributed by atoms with E-state index in [-0.39, 0.29) is 46.9 Å². The summed E-state index contributed by atoms with van der Waals surface area (Å²) in [5.74, 6) is -0.215. The number of carbonyl (C=O) groups excluding carboxylic acids is 5. The topological polar surface area (TPSA) is 189 Å². The minimum Gasteiger partial charge on any atom is -0.493 e. The van der Waals surface area contributed by atoms with Crippen LogP contribution in [0.5, 0.6) is 11.5 Å². The molecule has 15 nitrogen and oxygen atoms in total. The highest BCUT2D eigenvalue weighted by atomic mass is 19.4. The Bertz CT molecular complexity index is 2490. The lowest BCUT2D eigenvalue weighted by atomic mass is 10.0. The number of nitrogens with zero attached hydrogens (tertiary/aromatic N) is 5. The zero-order chi connectivity index (χ0) is 46.1. The molecule has 0 radical (unpaired) electrons. The van der Waals surface area contributed by atoms with Gasteiger partial charge in [0.1, 0.15) is 17.7 Å². The normalized spacial score (nSPS) is 17.4. The van der Waals surface area contributed by atoms with Gasteiger partial charge in [0.05, 0.1) is 42.0 Å². The summed E-state index contributed by atoms with van der Waals surface area (Å²) >= 11 is 0. The van der Waals surface area contributed by atoms with Crippen LogP contribution in [0, 0.1) is 12.3 Å². The third kappa shape index (κ3) is 9.70. The van der Waals surface area contributed by atoms with Crippen molar-refractivity contribution in [2.24, 2.45) is 5.41 Å². The number of imide groups is 2. The van der Waals surface area contributed by atoms with Gasteiger partial charge in [0.2, 0.25) is 11.8 Å². The first-order valence-corrected chi connectivity index (χ1v) is 21.4. The Morgan fingerprint density at radius 2 is 1.77 bits per heavy atom. The number of nitrogens with one attached hydrogen (secondary N) is 2. The lowest BCUT2D eigenvalue weighted by Crippen LogP contribution is -2.54. The van der Waals surface area contributed by atoms with Gasteiger partial charge in [-0.3, -0.25) is 33.8 Å². The first-order valence-electron chi connectivity index (χ1n) is 21.4. The molecule has 1 unspecified atom stereocenters. The fraction of sp³-hybridized carbons (Fsp3) is 0.457. The second-order valence-electron chi connectivity index (χ2n) is 17.1. The van der Waals surface area contributed by atoms with Gasteiger partial charge >= 0.3 is 6.18 Å². The minimum atomic E-state index is -4.55. The Labute approximate surface area is 368 Å². The summed E-state index contributed by atoms with van der Waals surface area (Å²) in [6.07, 6.45) is 0.874. The maximum absolute atomic E-state index is 13.6. The summed E-state index contributed by atoms with van der Waals surface area (Å²) in [7, 11) is 4.68. The number of likely N-dealkylation sites (N-methyl/N-ethyl adjacent to an activating group) is 1. The number of likely N-dealkylation sites (tertiary alicyclic amines) is 1. The van der Waals surface area contributed by atoms with Gasteiger partial charge in [0.15, 0.2) is 11.5 Å². The number of benzene rings is 3. The maximum Gasteiger partial charge on any atom is 0.416 e. The molecule has 1 saturated heterocycles. The zero-order valence-corrected chi connectivity index (χ0v) is 36.6. The van der Waals surface area contributed by atoms with E-state index in [1.54, 1.807) is 56.1 Å². The standard InChI is InChI=1S/C46H53F3N8O7/c1-26(28-19-29(46(47,48)49)21-30(50)20-28)52-41-32-22-37(36(63-5)23-34(32)53-27(2)54-41)64-25-45(16-17-45)24-55(3)38(58)13-8-6-7-9-18-51-33-12-10-11-31-40(33)44(62)57(42(31)60)35-14-15-39(59)56(4)43(35)61/h10-12,19-23,26,35,51H,6-9,13-18,24-25,50H2,1-5H3,(H,52,53,54)/t26-,35?/m1/s1. The molecular weight excluding hydrogens is 834 g/mol. The number of nitrogen functional groups attached to an aromatic ring is 1. The predicted molar refractivity (Wildman–Crippen MR) is 233 cm³/mol. The van der Waals surface area contributed by atoms with Crippen LogP contribution in [0.2, 0.25) is 0 Å². The number of anilines is 3. The number of aryl methyl sites for hydroxylation is 1. The number of ether oxygens (including phenoxy) is 2. The van der Waals surface area contributed by atoms with Crippen molar-refractivity contribution in [2.75, 3.05) is 57.3 Å². The van der Waals surface area contributed by atoms with Gasteiger partial charge in [-0.15, -0.1) is 0 Å². The average Bonchev–Trinajstić information content (AvgIpc) is 3.97. The highest BCUT2D eigenvalue weighted by molar-refractivity contribution is 6.25. The van der Waals surface area contributed by atoms with E-state index in [0.717, 1.165) is 54.0 Å². The Morgan fingerprint density at radius 1 is 1.02 bits per heavy atom. The van der Waals surface area contributed by atoms with E-state index in [9.17, 15) is 37.1 Å². The third-order valence-electron chi connectivity index (χ3n) is 12.3. The molecule has 5 amide bonds. The summed E-state index contributed by atoms with van der Waals surface area (Å²) in [5.41, 5.74) is 6.63.